The number of nitrogens with one attached hydrogen (secondary N) is 1. The van der Waals surface area contributed by atoms with Crippen molar-refractivity contribution in [3.63, 3.8) is 0 Å². The van der Waals surface area contributed by atoms with Crippen LogP contribution in [-0.4, -0.2) is 18.1 Å². The van der Waals surface area contributed by atoms with Gasteiger partial charge < -0.3 is 9.72 Å². The second-order valence-corrected chi connectivity index (χ2v) is 4.88. The number of aromatic amines is 1. The largest absolute Gasteiger partial charge is 0.464 e. The zero-order valence-electron chi connectivity index (χ0n) is 8.93. The summed E-state index contributed by atoms with van der Waals surface area (Å²) >= 11 is 1.90. The molecule has 1 aliphatic carbocycles. The summed E-state index contributed by atoms with van der Waals surface area (Å²) in [4.78, 5) is 26.5. The first-order valence-electron chi connectivity index (χ1n) is 5.17. The van der Waals surface area contributed by atoms with Crippen LogP contribution in [-0.2, 0) is 17.6 Å². The summed E-state index contributed by atoms with van der Waals surface area (Å²) in [6.07, 6.45) is 3.75. The van der Waals surface area contributed by atoms with Crippen molar-refractivity contribution >= 4 is 28.6 Å². The average Bonchev–Trinajstić information content (AvgIpc) is 2.33. The molecule has 0 aromatic carbocycles. The Morgan fingerprint density at radius 2 is 2.06 bits per heavy atom. The minimum absolute atomic E-state index is 0.0190. The molecule has 5 heteroatoms. The third-order valence-corrected chi connectivity index (χ3v) is 3.86. The SMILES string of the molecule is COC(=O)c1[nH]c2c(c(=O)c1I)CCCC2. The Kier molecular flexibility index (Phi) is 3.32. The number of pyridine rings is 1. The van der Waals surface area contributed by atoms with Gasteiger partial charge in [-0.2, -0.15) is 0 Å². The molecule has 0 atom stereocenters. The summed E-state index contributed by atoms with van der Waals surface area (Å²) in [6.45, 7) is 0. The molecule has 0 saturated carbocycles. The Morgan fingerprint density at radius 1 is 1.38 bits per heavy atom. The van der Waals surface area contributed by atoms with Gasteiger partial charge in [0.2, 0.25) is 0 Å². The van der Waals surface area contributed by atoms with Gasteiger partial charge in [-0.15, -0.1) is 0 Å². The number of aromatic nitrogens is 1. The van der Waals surface area contributed by atoms with Gasteiger partial charge in [-0.3, -0.25) is 4.79 Å². The smallest absolute Gasteiger partial charge is 0.355 e. The standard InChI is InChI=1S/C11H12INO3/c1-16-11(15)9-8(12)10(14)6-4-2-3-5-7(6)13-9/h2-5H2,1H3,(H,13,14). The van der Waals surface area contributed by atoms with Crippen LogP contribution in [0.25, 0.3) is 0 Å². The van der Waals surface area contributed by atoms with Crippen LogP contribution < -0.4 is 5.43 Å². The van der Waals surface area contributed by atoms with Crippen molar-refractivity contribution in [2.45, 2.75) is 25.7 Å². The van der Waals surface area contributed by atoms with Crippen LogP contribution in [0.2, 0.25) is 0 Å². The first kappa shape index (κ1) is 11.6. The summed E-state index contributed by atoms with van der Waals surface area (Å²) in [5.74, 6) is -0.477. The van der Waals surface area contributed by atoms with Gasteiger partial charge in [0.15, 0.2) is 5.43 Å². The molecule has 1 heterocycles. The molecule has 2 rings (SSSR count). The maximum Gasteiger partial charge on any atom is 0.355 e. The summed E-state index contributed by atoms with van der Waals surface area (Å²) in [5, 5.41) is 0. The van der Waals surface area contributed by atoms with Gasteiger partial charge in [0.1, 0.15) is 5.69 Å². The van der Waals surface area contributed by atoms with Crippen molar-refractivity contribution in [1.29, 1.82) is 0 Å². The first-order chi connectivity index (χ1) is 7.65. The fourth-order valence-corrected chi connectivity index (χ4v) is 2.67. The summed E-state index contributed by atoms with van der Waals surface area (Å²) in [6, 6.07) is 0. The van der Waals surface area contributed by atoms with Crippen molar-refractivity contribution in [3.05, 3.63) is 30.7 Å². The fourth-order valence-electron chi connectivity index (χ4n) is 1.99. The van der Waals surface area contributed by atoms with E-state index in [0.717, 1.165) is 36.9 Å². The molecule has 0 aliphatic heterocycles. The highest BCUT2D eigenvalue weighted by Crippen LogP contribution is 2.19. The number of H-pyrrole nitrogens is 1. The molecule has 0 saturated heterocycles. The van der Waals surface area contributed by atoms with E-state index < -0.39 is 5.97 Å². The van der Waals surface area contributed by atoms with Crippen molar-refractivity contribution in [2.24, 2.45) is 0 Å². The molecule has 1 N–H and O–H groups in total. The Morgan fingerprint density at radius 3 is 2.75 bits per heavy atom. The lowest BCUT2D eigenvalue weighted by Gasteiger charge is -2.16. The lowest BCUT2D eigenvalue weighted by atomic mass is 9.95. The van der Waals surface area contributed by atoms with Gasteiger partial charge in [0.25, 0.3) is 0 Å². The molecule has 1 aromatic heterocycles. The molecule has 86 valence electrons. The monoisotopic (exact) mass is 333 g/mol. The predicted molar refractivity (Wildman–Crippen MR) is 67.8 cm³/mol. The van der Waals surface area contributed by atoms with E-state index in [9.17, 15) is 9.59 Å². The maximum atomic E-state index is 12.0. The van der Waals surface area contributed by atoms with Gasteiger partial charge in [-0.25, -0.2) is 4.79 Å². The number of ether oxygens (including phenoxy) is 1. The van der Waals surface area contributed by atoms with E-state index in [-0.39, 0.29) is 11.1 Å². The number of rotatable bonds is 1. The van der Waals surface area contributed by atoms with Crippen LogP contribution in [0, 0.1) is 3.57 Å². The average molecular weight is 333 g/mol. The van der Waals surface area contributed by atoms with E-state index in [1.54, 1.807) is 0 Å². The van der Waals surface area contributed by atoms with Crippen molar-refractivity contribution in [1.82, 2.24) is 4.98 Å². The molecule has 4 nitrogen and oxygen atoms in total. The maximum absolute atomic E-state index is 12.0. The molecule has 0 amide bonds. The zero-order chi connectivity index (χ0) is 11.7. The molecular weight excluding hydrogens is 321 g/mol. The third kappa shape index (κ3) is 1.88. The van der Waals surface area contributed by atoms with E-state index in [1.165, 1.54) is 7.11 Å². The summed E-state index contributed by atoms with van der Waals surface area (Å²) in [7, 11) is 1.32. The molecule has 0 bridgehead atoms. The Labute approximate surface area is 107 Å². The van der Waals surface area contributed by atoms with Crippen molar-refractivity contribution < 1.29 is 9.53 Å². The first-order valence-corrected chi connectivity index (χ1v) is 6.25. The number of methoxy groups -OCH3 is 1. The number of halogens is 1. The summed E-state index contributed by atoms with van der Waals surface area (Å²) < 4.78 is 5.08. The van der Waals surface area contributed by atoms with Gasteiger partial charge >= 0.3 is 5.97 Å². The van der Waals surface area contributed by atoms with Crippen molar-refractivity contribution in [3.8, 4) is 0 Å². The molecule has 0 unspecified atom stereocenters. The van der Waals surface area contributed by atoms with Gasteiger partial charge in [-0.05, 0) is 48.3 Å². The molecule has 0 spiro atoms. The Balaban J connectivity index is 2.61. The van der Waals surface area contributed by atoms with E-state index in [4.69, 9.17) is 0 Å². The quantitative estimate of drug-likeness (QED) is 0.628. The highest BCUT2D eigenvalue weighted by Gasteiger charge is 2.21. The molecule has 0 radical (unpaired) electrons. The predicted octanol–water partition coefficient (Wildman–Crippen LogP) is 1.64. The van der Waals surface area contributed by atoms with Crippen LogP contribution in [0.15, 0.2) is 4.79 Å². The molecule has 0 fully saturated rings. The third-order valence-electron chi connectivity index (χ3n) is 2.83. The number of carbonyl (C=O) groups is 1. The lowest BCUT2D eigenvalue weighted by Crippen LogP contribution is -2.25. The van der Waals surface area contributed by atoms with Crippen LogP contribution in [0.5, 0.6) is 0 Å². The van der Waals surface area contributed by atoms with E-state index >= 15 is 0 Å². The van der Waals surface area contributed by atoms with Gasteiger partial charge in [-0.1, -0.05) is 0 Å². The highest BCUT2D eigenvalue weighted by molar-refractivity contribution is 14.1. The van der Waals surface area contributed by atoms with Gasteiger partial charge in [0, 0.05) is 11.3 Å². The lowest BCUT2D eigenvalue weighted by molar-refractivity contribution is 0.0592. The summed E-state index contributed by atoms with van der Waals surface area (Å²) in [5.41, 5.74) is 2.00. The number of carbonyl (C=O) groups excluding carboxylic acids is 1. The highest BCUT2D eigenvalue weighted by atomic mass is 127. The van der Waals surface area contributed by atoms with Crippen LogP contribution in [0.1, 0.15) is 34.6 Å². The molecule has 1 aliphatic rings. The van der Waals surface area contributed by atoms with Gasteiger partial charge in [0.05, 0.1) is 10.7 Å². The zero-order valence-corrected chi connectivity index (χ0v) is 11.1. The normalized spacial score (nSPS) is 14.4. The molecular formula is C11H12INO3. The van der Waals surface area contributed by atoms with E-state index in [1.807, 2.05) is 22.6 Å². The topological polar surface area (TPSA) is 59.2 Å². The second-order valence-electron chi connectivity index (χ2n) is 3.80. The number of hydrogen-bond donors (Lipinski definition) is 1. The minimum Gasteiger partial charge on any atom is -0.464 e. The van der Waals surface area contributed by atoms with Crippen LogP contribution >= 0.6 is 22.6 Å². The van der Waals surface area contributed by atoms with E-state index in [2.05, 4.69) is 9.72 Å². The minimum atomic E-state index is -0.477. The molecule has 1 aromatic rings. The van der Waals surface area contributed by atoms with Crippen LogP contribution in [0.4, 0.5) is 0 Å². The van der Waals surface area contributed by atoms with E-state index in [0.29, 0.717) is 3.57 Å². The van der Waals surface area contributed by atoms with Crippen LogP contribution in [0.3, 0.4) is 0 Å². The van der Waals surface area contributed by atoms with Crippen molar-refractivity contribution in [2.75, 3.05) is 7.11 Å². The Hall–Kier alpha value is -0.850. The number of hydrogen-bond acceptors (Lipinski definition) is 3. The number of aryl methyl sites for hydroxylation is 1. The number of esters is 1. The second kappa shape index (κ2) is 4.57. The molecule has 16 heavy (non-hydrogen) atoms. The Bertz CT molecular complexity index is 493. The fraction of sp³-hybridized carbons (Fsp3) is 0.455. The number of fused-ring (bicyclic) bond motifs is 1.